The van der Waals surface area contributed by atoms with Gasteiger partial charge in [-0.3, -0.25) is 9.36 Å². The molecule has 0 bridgehead atoms. The molecule has 0 amide bonds. The maximum atomic E-state index is 6.08. The molecule has 31 heavy (non-hydrogen) atoms. The Kier molecular flexibility index (Phi) is 6.56. The summed E-state index contributed by atoms with van der Waals surface area (Å²) < 4.78 is 3.66. The van der Waals surface area contributed by atoms with E-state index in [2.05, 4.69) is 52.0 Å². The zero-order valence-corrected chi connectivity index (χ0v) is 19.0. The maximum Gasteiger partial charge on any atom is 0.176 e. The Labute approximate surface area is 195 Å². The average Bonchev–Trinajstić information content (AvgIpc) is 3.36. The molecule has 9 heteroatoms. The molecule has 0 spiro atoms. The summed E-state index contributed by atoms with van der Waals surface area (Å²) in [6, 6.07) is 15.8. The number of aromatic nitrogens is 4. The average molecular weight is 471 g/mol. The molecular formula is C22H20Cl2N6S. The van der Waals surface area contributed by atoms with Crippen LogP contribution in [0.5, 0.6) is 0 Å². The van der Waals surface area contributed by atoms with E-state index in [1.165, 1.54) is 11.1 Å². The van der Waals surface area contributed by atoms with Crippen molar-refractivity contribution >= 4 is 52.0 Å². The number of hydrogen-bond donors (Lipinski definition) is 2. The van der Waals surface area contributed by atoms with Crippen LogP contribution in [-0.2, 0) is 13.1 Å². The Hall–Kier alpha value is -2.87. The smallest absolute Gasteiger partial charge is 0.176 e. The lowest BCUT2D eigenvalue weighted by Gasteiger charge is -2.07. The molecule has 2 aromatic heterocycles. The van der Waals surface area contributed by atoms with E-state index in [1.807, 2.05) is 35.3 Å². The topological polar surface area (TPSA) is 59.7 Å². The first-order valence-electron chi connectivity index (χ1n) is 9.58. The van der Waals surface area contributed by atoms with Crippen LogP contribution >= 0.6 is 35.4 Å². The quantitative estimate of drug-likeness (QED) is 0.359. The summed E-state index contributed by atoms with van der Waals surface area (Å²) in [5.74, 6) is 0.643. The largest absolute Gasteiger partial charge is 0.330 e. The van der Waals surface area contributed by atoms with Gasteiger partial charge in [0, 0.05) is 18.5 Å². The summed E-state index contributed by atoms with van der Waals surface area (Å²) in [6.45, 7) is 3.34. The third kappa shape index (κ3) is 5.85. The van der Waals surface area contributed by atoms with Crippen LogP contribution in [0.2, 0.25) is 10.0 Å². The second-order valence-corrected chi connectivity index (χ2v) is 8.36. The summed E-state index contributed by atoms with van der Waals surface area (Å²) in [4.78, 5) is 0. The van der Waals surface area contributed by atoms with Crippen molar-refractivity contribution in [2.75, 3.05) is 10.6 Å². The monoisotopic (exact) mass is 470 g/mol. The Balaban J connectivity index is 1.31. The molecule has 0 aliphatic heterocycles. The van der Waals surface area contributed by atoms with Gasteiger partial charge >= 0.3 is 0 Å². The Morgan fingerprint density at radius 3 is 2.45 bits per heavy atom. The van der Waals surface area contributed by atoms with E-state index >= 15 is 0 Å². The van der Waals surface area contributed by atoms with Gasteiger partial charge in [0.05, 0.1) is 35.0 Å². The normalized spacial score (nSPS) is 10.8. The van der Waals surface area contributed by atoms with Crippen LogP contribution < -0.4 is 10.6 Å². The molecule has 0 saturated heterocycles. The van der Waals surface area contributed by atoms with E-state index in [0.717, 1.165) is 11.3 Å². The van der Waals surface area contributed by atoms with E-state index in [0.29, 0.717) is 34.1 Å². The molecule has 0 fully saturated rings. The molecule has 0 atom stereocenters. The zero-order valence-electron chi connectivity index (χ0n) is 16.7. The van der Waals surface area contributed by atoms with Gasteiger partial charge in [-0.1, -0.05) is 59.1 Å². The standard InChI is InChI=1S/C22H20Cl2N6S/c1-15-2-4-16(5-3-15)12-30-14-18(11-25-30)26-22(31)27-21-8-9-29(28-21)13-17-6-7-19(23)20(24)10-17/h2-11,14H,12-13H2,1H3,(H2,26,27,28,31). The first-order chi connectivity index (χ1) is 14.9. The minimum atomic E-state index is 0.440. The van der Waals surface area contributed by atoms with Crippen molar-refractivity contribution in [1.29, 1.82) is 0 Å². The highest BCUT2D eigenvalue weighted by Crippen LogP contribution is 2.23. The highest BCUT2D eigenvalue weighted by atomic mass is 35.5. The third-order valence-electron chi connectivity index (χ3n) is 4.57. The van der Waals surface area contributed by atoms with E-state index in [1.54, 1.807) is 16.9 Å². The summed E-state index contributed by atoms with van der Waals surface area (Å²) in [7, 11) is 0. The van der Waals surface area contributed by atoms with Gasteiger partial charge in [0.15, 0.2) is 10.9 Å². The lowest BCUT2D eigenvalue weighted by atomic mass is 10.1. The molecule has 4 aromatic rings. The fourth-order valence-corrected chi connectivity index (χ4v) is 3.56. The van der Waals surface area contributed by atoms with Gasteiger partial charge in [-0.15, -0.1) is 0 Å². The molecule has 2 heterocycles. The Morgan fingerprint density at radius 2 is 1.68 bits per heavy atom. The number of anilines is 2. The SMILES string of the molecule is Cc1ccc(Cn2cc(NC(=S)Nc3ccn(Cc4ccc(Cl)c(Cl)c4)n3)cn2)cc1. The summed E-state index contributed by atoms with van der Waals surface area (Å²) in [5.41, 5.74) is 4.24. The third-order valence-corrected chi connectivity index (χ3v) is 5.51. The minimum absolute atomic E-state index is 0.440. The highest BCUT2D eigenvalue weighted by Gasteiger charge is 2.06. The van der Waals surface area contributed by atoms with Gasteiger partial charge < -0.3 is 10.6 Å². The van der Waals surface area contributed by atoms with Crippen LogP contribution in [0.4, 0.5) is 11.5 Å². The van der Waals surface area contributed by atoms with Crippen LogP contribution in [0.3, 0.4) is 0 Å². The van der Waals surface area contributed by atoms with Gasteiger partial charge in [0.1, 0.15) is 0 Å². The van der Waals surface area contributed by atoms with Crippen LogP contribution in [0.25, 0.3) is 0 Å². The zero-order chi connectivity index (χ0) is 21.8. The highest BCUT2D eigenvalue weighted by molar-refractivity contribution is 7.80. The number of nitrogens with zero attached hydrogens (tertiary/aromatic N) is 4. The molecule has 2 N–H and O–H groups in total. The van der Waals surface area contributed by atoms with E-state index in [-0.39, 0.29) is 0 Å². The molecule has 158 valence electrons. The number of thiocarbonyl (C=S) groups is 1. The number of nitrogens with one attached hydrogen (secondary N) is 2. The Bertz CT molecular complexity index is 1200. The molecular weight excluding hydrogens is 451 g/mol. The van der Waals surface area contributed by atoms with Crippen molar-refractivity contribution in [3.8, 4) is 0 Å². The number of benzene rings is 2. The second-order valence-electron chi connectivity index (χ2n) is 7.14. The first kappa shape index (κ1) is 21.4. The van der Waals surface area contributed by atoms with Crippen LogP contribution in [0, 0.1) is 6.92 Å². The predicted molar refractivity (Wildman–Crippen MR) is 130 cm³/mol. The fraction of sp³-hybridized carbons (Fsp3) is 0.136. The van der Waals surface area contributed by atoms with Crippen LogP contribution in [0.1, 0.15) is 16.7 Å². The number of hydrogen-bond acceptors (Lipinski definition) is 3. The van der Waals surface area contributed by atoms with Crippen molar-refractivity contribution in [3.05, 3.63) is 93.9 Å². The van der Waals surface area contributed by atoms with Crippen molar-refractivity contribution in [2.24, 2.45) is 0 Å². The van der Waals surface area contributed by atoms with Gasteiger partial charge in [-0.2, -0.15) is 10.2 Å². The molecule has 0 radical (unpaired) electrons. The van der Waals surface area contributed by atoms with E-state index in [4.69, 9.17) is 35.4 Å². The molecule has 0 aliphatic carbocycles. The van der Waals surface area contributed by atoms with Gasteiger partial charge in [0.2, 0.25) is 0 Å². The van der Waals surface area contributed by atoms with E-state index < -0.39 is 0 Å². The molecule has 0 aliphatic rings. The van der Waals surface area contributed by atoms with E-state index in [9.17, 15) is 0 Å². The van der Waals surface area contributed by atoms with Crippen LogP contribution in [-0.4, -0.2) is 24.7 Å². The molecule has 6 nitrogen and oxygen atoms in total. The molecule has 0 unspecified atom stereocenters. The second kappa shape index (κ2) is 9.51. The minimum Gasteiger partial charge on any atom is -0.330 e. The molecule has 0 saturated carbocycles. The maximum absolute atomic E-state index is 6.08. The molecule has 4 rings (SSSR count). The Morgan fingerprint density at radius 1 is 0.935 bits per heavy atom. The lowest BCUT2D eigenvalue weighted by Crippen LogP contribution is -2.19. The van der Waals surface area contributed by atoms with Crippen molar-refractivity contribution < 1.29 is 0 Å². The lowest BCUT2D eigenvalue weighted by molar-refractivity contribution is 0.687. The van der Waals surface area contributed by atoms with Crippen molar-refractivity contribution in [2.45, 2.75) is 20.0 Å². The number of rotatable bonds is 6. The summed E-state index contributed by atoms with van der Waals surface area (Å²) in [6.07, 6.45) is 5.52. The first-order valence-corrected chi connectivity index (χ1v) is 10.7. The number of aryl methyl sites for hydroxylation is 1. The summed E-state index contributed by atoms with van der Waals surface area (Å²) >= 11 is 17.4. The number of halogens is 2. The van der Waals surface area contributed by atoms with Crippen LogP contribution in [0.15, 0.2) is 67.1 Å². The van der Waals surface area contributed by atoms with Gasteiger partial charge in [0.25, 0.3) is 0 Å². The van der Waals surface area contributed by atoms with Crippen molar-refractivity contribution in [1.82, 2.24) is 19.6 Å². The fourth-order valence-electron chi connectivity index (χ4n) is 3.02. The molecule has 2 aromatic carbocycles. The van der Waals surface area contributed by atoms with Gasteiger partial charge in [-0.25, -0.2) is 0 Å². The van der Waals surface area contributed by atoms with Crippen molar-refractivity contribution in [3.63, 3.8) is 0 Å². The summed E-state index contributed by atoms with van der Waals surface area (Å²) in [5, 5.41) is 16.6. The van der Waals surface area contributed by atoms with Gasteiger partial charge in [-0.05, 0) is 42.4 Å². The predicted octanol–water partition coefficient (Wildman–Crippen LogP) is 5.60.